The molecule has 2 heterocycles. The highest BCUT2D eigenvalue weighted by Gasteiger charge is 2.26. The molecule has 1 aromatic carbocycles. The van der Waals surface area contributed by atoms with E-state index in [0.717, 1.165) is 32.1 Å². The first-order valence-electron chi connectivity index (χ1n) is 12.3. The van der Waals surface area contributed by atoms with E-state index in [4.69, 9.17) is 10.6 Å². The first-order valence-corrected chi connectivity index (χ1v) is 13.1. The number of piperidine rings is 1. The van der Waals surface area contributed by atoms with E-state index in [1.807, 2.05) is 0 Å². The van der Waals surface area contributed by atoms with Crippen LogP contribution in [0.25, 0.3) is 0 Å². The molecule has 3 aliphatic rings. The maximum Gasteiger partial charge on any atom is 0.226 e. The Bertz CT molecular complexity index is 795. The molecule has 2 aliphatic heterocycles. The summed E-state index contributed by atoms with van der Waals surface area (Å²) >= 11 is 1.26. The average molecular weight is 459 g/mol. The van der Waals surface area contributed by atoms with Gasteiger partial charge >= 0.3 is 0 Å². The number of ether oxygens (including phenoxy) is 1. The summed E-state index contributed by atoms with van der Waals surface area (Å²) in [5.41, 5.74) is 4.37. The lowest BCUT2D eigenvalue weighted by Gasteiger charge is -2.35. The Labute approximate surface area is 197 Å². The Morgan fingerprint density at radius 2 is 2.12 bits per heavy atom. The van der Waals surface area contributed by atoms with E-state index in [0.29, 0.717) is 12.6 Å². The Balaban J connectivity index is 1.39. The maximum absolute atomic E-state index is 6.51. The smallest absolute Gasteiger partial charge is 0.226 e. The van der Waals surface area contributed by atoms with Crippen LogP contribution in [0.5, 0.6) is 0 Å². The highest BCUT2D eigenvalue weighted by Crippen LogP contribution is 2.38. The molecule has 1 aliphatic carbocycles. The molecule has 2 atom stereocenters. The highest BCUT2D eigenvalue weighted by molar-refractivity contribution is 7.96. The van der Waals surface area contributed by atoms with Crippen LogP contribution in [0.4, 0.5) is 5.69 Å². The first kappa shape index (κ1) is 23.4. The summed E-state index contributed by atoms with van der Waals surface area (Å²) in [6.45, 7) is 5.30. The molecule has 1 saturated heterocycles. The maximum atomic E-state index is 6.51. The molecular formula is C24H38N6OS. The van der Waals surface area contributed by atoms with Crippen molar-refractivity contribution in [2.75, 3.05) is 24.6 Å². The van der Waals surface area contributed by atoms with E-state index in [9.17, 15) is 0 Å². The second-order valence-electron chi connectivity index (χ2n) is 9.00. The number of guanidine groups is 1. The van der Waals surface area contributed by atoms with Crippen LogP contribution in [-0.4, -0.2) is 43.0 Å². The third-order valence-electron chi connectivity index (χ3n) is 6.84. The van der Waals surface area contributed by atoms with Gasteiger partial charge in [-0.2, -0.15) is 4.40 Å². The van der Waals surface area contributed by atoms with Gasteiger partial charge in [0, 0.05) is 25.4 Å². The topological polar surface area (TPSA) is 78.5 Å². The van der Waals surface area contributed by atoms with Crippen molar-refractivity contribution >= 4 is 30.1 Å². The summed E-state index contributed by atoms with van der Waals surface area (Å²) < 4.78 is 13.6. The van der Waals surface area contributed by atoms with Crippen molar-refractivity contribution in [3.63, 3.8) is 0 Å². The van der Waals surface area contributed by atoms with Gasteiger partial charge in [-0.3, -0.25) is 9.73 Å². The molecule has 0 amide bonds. The molecule has 8 heteroatoms. The van der Waals surface area contributed by atoms with Gasteiger partial charge in [-0.25, -0.2) is 10.8 Å². The molecule has 7 nitrogen and oxygen atoms in total. The minimum Gasteiger partial charge on any atom is -0.373 e. The quantitative estimate of drug-likeness (QED) is 0.316. The number of hydrogen-bond donors (Lipinski definition) is 2. The molecular weight excluding hydrogens is 420 g/mol. The van der Waals surface area contributed by atoms with Crippen molar-refractivity contribution in [1.29, 1.82) is 0 Å². The zero-order valence-corrected chi connectivity index (χ0v) is 20.2. The number of benzene rings is 1. The van der Waals surface area contributed by atoms with Gasteiger partial charge in [0.25, 0.3) is 0 Å². The number of fused-ring (bicyclic) bond motifs is 1. The fourth-order valence-corrected chi connectivity index (χ4v) is 5.47. The van der Waals surface area contributed by atoms with Crippen molar-refractivity contribution in [2.45, 2.75) is 83.3 Å². The zero-order chi connectivity index (χ0) is 22.2. The van der Waals surface area contributed by atoms with Crippen molar-refractivity contribution in [3.8, 4) is 0 Å². The van der Waals surface area contributed by atoms with Crippen LogP contribution in [-0.2, 0) is 11.2 Å². The fourth-order valence-electron chi connectivity index (χ4n) is 5.09. The zero-order valence-electron chi connectivity index (χ0n) is 19.3. The van der Waals surface area contributed by atoms with Gasteiger partial charge in [-0.15, -0.1) is 0 Å². The van der Waals surface area contributed by atoms with Crippen LogP contribution in [0, 0.1) is 0 Å². The number of rotatable bonds is 9. The lowest BCUT2D eigenvalue weighted by Crippen LogP contribution is -2.50. The first-order chi connectivity index (χ1) is 15.8. The monoisotopic (exact) mass is 458 g/mol. The number of nitrogens with zero attached hydrogens (tertiary/aromatic N) is 4. The predicted molar refractivity (Wildman–Crippen MR) is 135 cm³/mol. The highest BCUT2D eigenvalue weighted by atomic mass is 32.2. The van der Waals surface area contributed by atoms with Crippen molar-refractivity contribution in [3.05, 3.63) is 29.3 Å². The summed E-state index contributed by atoms with van der Waals surface area (Å²) in [5, 5.41) is 1.76. The molecule has 3 N–H and O–H groups in total. The van der Waals surface area contributed by atoms with Crippen LogP contribution < -0.4 is 15.5 Å². The van der Waals surface area contributed by atoms with E-state index in [-0.39, 0.29) is 12.1 Å². The van der Waals surface area contributed by atoms with Crippen LogP contribution in [0.15, 0.2) is 27.6 Å². The number of anilines is 1. The molecule has 0 aromatic heterocycles. The Morgan fingerprint density at radius 1 is 1.25 bits per heavy atom. The summed E-state index contributed by atoms with van der Waals surface area (Å²) in [5.74, 6) is 7.10. The van der Waals surface area contributed by atoms with Gasteiger partial charge in [-0.1, -0.05) is 31.9 Å². The lowest BCUT2D eigenvalue weighted by atomic mass is 9.87. The van der Waals surface area contributed by atoms with Crippen molar-refractivity contribution in [2.24, 2.45) is 15.2 Å². The SMILES string of the molecule is CCCCC(CCOC1CCCc2c1cccc2N1CCCCC1)N(N)C1=NC=NSN1. The summed E-state index contributed by atoms with van der Waals surface area (Å²) in [4.78, 5) is 6.88. The largest absolute Gasteiger partial charge is 0.373 e. The number of aliphatic imine (C=N–C) groups is 1. The predicted octanol–water partition coefficient (Wildman–Crippen LogP) is 4.75. The summed E-state index contributed by atoms with van der Waals surface area (Å²) in [7, 11) is 0. The molecule has 1 fully saturated rings. The van der Waals surface area contributed by atoms with Crippen LogP contribution >= 0.6 is 12.1 Å². The molecule has 32 heavy (non-hydrogen) atoms. The lowest BCUT2D eigenvalue weighted by molar-refractivity contribution is 0.0294. The number of nitrogens with one attached hydrogen (secondary N) is 1. The minimum atomic E-state index is 0.189. The number of hydrazine groups is 1. The third-order valence-corrected chi connectivity index (χ3v) is 7.31. The number of unbranched alkanes of at least 4 members (excludes halogenated alkanes) is 1. The van der Waals surface area contributed by atoms with E-state index in [1.165, 1.54) is 74.1 Å². The normalized spacial score (nSPS) is 21.5. The average Bonchev–Trinajstić information content (AvgIpc) is 2.86. The number of nitrogens with two attached hydrogens (primary N) is 1. The summed E-state index contributed by atoms with van der Waals surface area (Å²) in [6.07, 6.45) is 13.4. The van der Waals surface area contributed by atoms with E-state index in [2.05, 4.69) is 44.1 Å². The van der Waals surface area contributed by atoms with E-state index >= 15 is 0 Å². The van der Waals surface area contributed by atoms with Crippen LogP contribution in [0.1, 0.15) is 81.9 Å². The molecule has 4 rings (SSSR count). The summed E-state index contributed by atoms with van der Waals surface area (Å²) in [6, 6.07) is 7.02. The van der Waals surface area contributed by atoms with Gasteiger partial charge in [-0.05, 0) is 68.6 Å². The van der Waals surface area contributed by atoms with Gasteiger partial charge in [0.05, 0.1) is 24.3 Å². The molecule has 176 valence electrons. The molecule has 0 bridgehead atoms. The Kier molecular flexibility index (Phi) is 8.70. The second-order valence-corrected chi connectivity index (χ2v) is 9.60. The Hall–Kier alpha value is -1.77. The molecule has 1 aromatic rings. The van der Waals surface area contributed by atoms with E-state index < -0.39 is 0 Å². The fraction of sp³-hybridized carbons (Fsp3) is 0.667. The molecule has 0 spiro atoms. The molecule has 0 saturated carbocycles. The van der Waals surface area contributed by atoms with Gasteiger partial charge in [0.15, 0.2) is 0 Å². The minimum absolute atomic E-state index is 0.189. The van der Waals surface area contributed by atoms with Gasteiger partial charge in [0.1, 0.15) is 6.34 Å². The molecule has 0 radical (unpaired) electrons. The van der Waals surface area contributed by atoms with Crippen LogP contribution in [0.2, 0.25) is 0 Å². The van der Waals surface area contributed by atoms with Gasteiger partial charge < -0.3 is 9.64 Å². The van der Waals surface area contributed by atoms with Gasteiger partial charge in [0.2, 0.25) is 5.96 Å². The van der Waals surface area contributed by atoms with Crippen molar-refractivity contribution < 1.29 is 4.74 Å². The second kappa shape index (κ2) is 11.9. The van der Waals surface area contributed by atoms with E-state index in [1.54, 1.807) is 11.3 Å². The number of hydrogen-bond acceptors (Lipinski definition) is 8. The third kappa shape index (κ3) is 5.77. The standard InChI is InChI=1S/C24H38N6OS/c1-2-3-9-19(30(25)24-26-18-27-32-28-24)14-17-31-23-13-8-10-20-21(23)11-7-12-22(20)29-15-5-4-6-16-29/h7,11-12,18-19,23H,2-6,8-10,13-17,25H2,1H3,(H,26,27,28). The molecule has 2 unspecified atom stereocenters. The van der Waals surface area contributed by atoms with Crippen molar-refractivity contribution in [1.82, 2.24) is 9.73 Å². The Morgan fingerprint density at radius 3 is 2.91 bits per heavy atom. The van der Waals surface area contributed by atoms with Crippen LogP contribution in [0.3, 0.4) is 0 Å².